The lowest BCUT2D eigenvalue weighted by molar-refractivity contribution is -0.140. The molecule has 0 aliphatic rings. The summed E-state index contributed by atoms with van der Waals surface area (Å²) in [5.74, 6) is -0.658. The zero-order chi connectivity index (χ0) is 16.6. The Bertz CT molecular complexity index is 399. The Kier molecular flexibility index (Phi) is 12.9. The van der Waals surface area contributed by atoms with Gasteiger partial charge in [0.2, 0.25) is 0 Å². The monoisotopic (exact) mass is 310 g/mol. The predicted molar refractivity (Wildman–Crippen MR) is 83.9 cm³/mol. The number of nitrogens with zero attached hydrogens (tertiary/aromatic N) is 2. The van der Waals surface area contributed by atoms with Crippen molar-refractivity contribution in [1.82, 2.24) is 4.90 Å². The lowest BCUT2D eigenvalue weighted by Crippen LogP contribution is -2.22. The standard InChI is InChI=1S/C16H26N2O4/c1-3-5-8-18(10-11-19)9-6-7-15(14-17)16(20)22-13-12-21-4-2/h6-7,9,19H,3-5,8,10-13H2,1-2H3. The zero-order valence-corrected chi connectivity index (χ0v) is 13.5. The van der Waals surface area contributed by atoms with Crippen LogP contribution in [0.2, 0.25) is 0 Å². The number of ether oxygens (including phenoxy) is 2. The third-order valence-electron chi connectivity index (χ3n) is 2.75. The number of aliphatic hydroxyl groups excluding tert-OH is 1. The van der Waals surface area contributed by atoms with Crippen LogP contribution < -0.4 is 0 Å². The molecule has 0 radical (unpaired) electrons. The Morgan fingerprint density at radius 3 is 2.68 bits per heavy atom. The first-order valence-electron chi connectivity index (χ1n) is 7.57. The number of rotatable bonds is 12. The van der Waals surface area contributed by atoms with Crippen molar-refractivity contribution < 1.29 is 19.4 Å². The molecule has 0 unspecified atom stereocenters. The quantitative estimate of drug-likeness (QED) is 0.194. The third kappa shape index (κ3) is 9.97. The molecule has 0 saturated heterocycles. The number of nitriles is 1. The molecule has 0 aliphatic carbocycles. The summed E-state index contributed by atoms with van der Waals surface area (Å²) >= 11 is 0. The molecule has 22 heavy (non-hydrogen) atoms. The molecule has 0 aliphatic heterocycles. The van der Waals surface area contributed by atoms with Crippen LogP contribution in [0.4, 0.5) is 0 Å². The average Bonchev–Trinajstić information content (AvgIpc) is 2.53. The van der Waals surface area contributed by atoms with E-state index in [0.717, 1.165) is 19.4 Å². The lowest BCUT2D eigenvalue weighted by Gasteiger charge is -2.18. The lowest BCUT2D eigenvalue weighted by atomic mass is 10.2. The number of aliphatic hydroxyl groups is 1. The fourth-order valence-corrected chi connectivity index (χ4v) is 1.58. The first kappa shape index (κ1) is 20.2. The van der Waals surface area contributed by atoms with Crippen LogP contribution in [0.3, 0.4) is 0 Å². The van der Waals surface area contributed by atoms with Crippen molar-refractivity contribution in [2.75, 3.05) is 39.5 Å². The zero-order valence-electron chi connectivity index (χ0n) is 13.5. The first-order chi connectivity index (χ1) is 10.7. The van der Waals surface area contributed by atoms with E-state index >= 15 is 0 Å². The number of unbranched alkanes of at least 4 members (excludes halogenated alkanes) is 1. The number of allylic oxidation sites excluding steroid dienone is 2. The molecule has 0 bridgehead atoms. The van der Waals surface area contributed by atoms with E-state index in [1.807, 2.05) is 17.9 Å². The highest BCUT2D eigenvalue weighted by atomic mass is 16.6. The van der Waals surface area contributed by atoms with Crippen molar-refractivity contribution in [3.8, 4) is 6.07 Å². The Balaban J connectivity index is 4.45. The third-order valence-corrected chi connectivity index (χ3v) is 2.75. The minimum Gasteiger partial charge on any atom is -0.459 e. The van der Waals surface area contributed by atoms with E-state index in [0.29, 0.717) is 19.8 Å². The van der Waals surface area contributed by atoms with Crippen LogP contribution in [0.25, 0.3) is 0 Å². The molecule has 0 saturated carbocycles. The first-order valence-corrected chi connectivity index (χ1v) is 7.57. The Morgan fingerprint density at radius 2 is 2.09 bits per heavy atom. The summed E-state index contributed by atoms with van der Waals surface area (Å²) in [7, 11) is 0. The molecule has 0 atom stereocenters. The highest BCUT2D eigenvalue weighted by molar-refractivity contribution is 5.93. The van der Waals surface area contributed by atoms with E-state index in [-0.39, 0.29) is 18.8 Å². The van der Waals surface area contributed by atoms with Gasteiger partial charge in [-0.25, -0.2) is 4.79 Å². The smallest absolute Gasteiger partial charge is 0.348 e. The topological polar surface area (TPSA) is 82.8 Å². The maximum absolute atomic E-state index is 11.7. The average molecular weight is 310 g/mol. The van der Waals surface area contributed by atoms with Gasteiger partial charge in [-0.15, -0.1) is 0 Å². The molecular weight excluding hydrogens is 284 g/mol. The maximum Gasteiger partial charge on any atom is 0.348 e. The van der Waals surface area contributed by atoms with Gasteiger partial charge in [0.05, 0.1) is 13.2 Å². The van der Waals surface area contributed by atoms with Gasteiger partial charge in [0.1, 0.15) is 18.2 Å². The van der Waals surface area contributed by atoms with Gasteiger partial charge in [-0.05, 0) is 31.7 Å². The van der Waals surface area contributed by atoms with Crippen molar-refractivity contribution in [1.29, 1.82) is 5.26 Å². The molecule has 0 aromatic heterocycles. The van der Waals surface area contributed by atoms with Crippen LogP contribution in [0, 0.1) is 11.3 Å². The minimum atomic E-state index is -0.658. The van der Waals surface area contributed by atoms with Crippen molar-refractivity contribution in [2.45, 2.75) is 26.7 Å². The van der Waals surface area contributed by atoms with Crippen molar-refractivity contribution >= 4 is 5.97 Å². The predicted octanol–water partition coefficient (Wildman–Crippen LogP) is 1.62. The van der Waals surface area contributed by atoms with Crippen LogP contribution in [0.15, 0.2) is 23.9 Å². The Hall–Kier alpha value is -1.84. The van der Waals surface area contributed by atoms with Gasteiger partial charge in [-0.2, -0.15) is 5.26 Å². The van der Waals surface area contributed by atoms with Gasteiger partial charge in [0, 0.05) is 19.7 Å². The van der Waals surface area contributed by atoms with Crippen LogP contribution in [0.5, 0.6) is 0 Å². The van der Waals surface area contributed by atoms with Crippen LogP contribution in [0.1, 0.15) is 26.7 Å². The molecule has 6 nitrogen and oxygen atoms in total. The van der Waals surface area contributed by atoms with Gasteiger partial charge in [-0.3, -0.25) is 0 Å². The van der Waals surface area contributed by atoms with Gasteiger partial charge >= 0.3 is 5.97 Å². The summed E-state index contributed by atoms with van der Waals surface area (Å²) in [5, 5.41) is 18.0. The van der Waals surface area contributed by atoms with E-state index in [1.165, 1.54) is 6.08 Å². The molecule has 6 heteroatoms. The number of carbonyl (C=O) groups is 1. The molecule has 0 fully saturated rings. The molecule has 0 rings (SSSR count). The van der Waals surface area contributed by atoms with Gasteiger partial charge in [0.15, 0.2) is 0 Å². The van der Waals surface area contributed by atoms with Crippen LogP contribution >= 0.6 is 0 Å². The highest BCUT2D eigenvalue weighted by Gasteiger charge is 2.09. The number of hydrogen-bond donors (Lipinski definition) is 1. The second-order valence-electron chi connectivity index (χ2n) is 4.48. The van der Waals surface area contributed by atoms with Crippen molar-refractivity contribution in [2.24, 2.45) is 0 Å². The SMILES string of the molecule is CCCCN(C=CC=C(C#N)C(=O)OCCOCC)CCO. The molecule has 0 aromatic carbocycles. The second-order valence-corrected chi connectivity index (χ2v) is 4.48. The summed E-state index contributed by atoms with van der Waals surface area (Å²) in [6.07, 6.45) is 6.86. The molecule has 0 aromatic rings. The summed E-state index contributed by atoms with van der Waals surface area (Å²) < 4.78 is 9.98. The summed E-state index contributed by atoms with van der Waals surface area (Å²) in [5.41, 5.74) is -0.0628. The van der Waals surface area contributed by atoms with E-state index in [2.05, 4.69) is 6.92 Å². The molecule has 0 heterocycles. The summed E-state index contributed by atoms with van der Waals surface area (Å²) in [6, 6.07) is 1.82. The molecule has 1 N–H and O–H groups in total. The number of carbonyl (C=O) groups excluding carboxylic acids is 1. The minimum absolute atomic E-state index is 0.0579. The molecule has 0 spiro atoms. The van der Waals surface area contributed by atoms with Crippen LogP contribution in [-0.4, -0.2) is 55.5 Å². The molecule has 0 amide bonds. The number of hydrogen-bond acceptors (Lipinski definition) is 6. The second kappa shape index (κ2) is 14.1. The van der Waals surface area contributed by atoms with E-state index in [1.54, 1.807) is 12.3 Å². The van der Waals surface area contributed by atoms with E-state index < -0.39 is 5.97 Å². The molecule has 124 valence electrons. The maximum atomic E-state index is 11.7. The summed E-state index contributed by atoms with van der Waals surface area (Å²) in [6.45, 7) is 6.34. The fraction of sp³-hybridized carbons (Fsp3) is 0.625. The van der Waals surface area contributed by atoms with E-state index in [9.17, 15) is 4.79 Å². The number of esters is 1. The van der Waals surface area contributed by atoms with E-state index in [4.69, 9.17) is 19.8 Å². The van der Waals surface area contributed by atoms with Gasteiger partial charge in [0.25, 0.3) is 0 Å². The fourth-order valence-electron chi connectivity index (χ4n) is 1.58. The van der Waals surface area contributed by atoms with Crippen molar-refractivity contribution in [3.63, 3.8) is 0 Å². The normalized spacial score (nSPS) is 11.5. The van der Waals surface area contributed by atoms with Crippen molar-refractivity contribution in [3.05, 3.63) is 23.9 Å². The Labute approximate surface area is 132 Å². The Morgan fingerprint density at radius 1 is 1.32 bits per heavy atom. The van der Waals surface area contributed by atoms with Gasteiger partial charge < -0.3 is 19.5 Å². The van der Waals surface area contributed by atoms with Gasteiger partial charge in [-0.1, -0.05) is 13.3 Å². The summed E-state index contributed by atoms with van der Waals surface area (Å²) in [4.78, 5) is 13.6. The largest absolute Gasteiger partial charge is 0.459 e. The van der Waals surface area contributed by atoms with Crippen LogP contribution in [-0.2, 0) is 14.3 Å². The molecular formula is C16H26N2O4. The highest BCUT2D eigenvalue weighted by Crippen LogP contribution is 2.00.